The first-order chi connectivity index (χ1) is 7.41. The Morgan fingerprint density at radius 1 is 1.38 bits per heavy atom. The molecule has 1 rings (SSSR count). The van der Waals surface area contributed by atoms with Crippen LogP contribution in [-0.2, 0) is 4.79 Å². The van der Waals surface area contributed by atoms with Gasteiger partial charge in [-0.25, -0.2) is 0 Å². The molecule has 88 valence electrons. The maximum absolute atomic E-state index is 11.8. The predicted molar refractivity (Wildman–Crippen MR) is 70.0 cm³/mol. The minimum atomic E-state index is -0.291. The van der Waals surface area contributed by atoms with Crippen molar-refractivity contribution in [3.8, 4) is 0 Å². The van der Waals surface area contributed by atoms with Gasteiger partial charge in [0.25, 0.3) is 0 Å². The minimum absolute atomic E-state index is 0.0768. The van der Waals surface area contributed by atoms with Gasteiger partial charge < -0.3 is 5.32 Å². The maximum Gasteiger partial charge on any atom is 0.237 e. The third-order valence-corrected chi connectivity index (χ3v) is 3.21. The van der Waals surface area contributed by atoms with Crippen LogP contribution < -0.4 is 5.32 Å². The molecule has 0 aliphatic carbocycles. The number of amides is 1. The number of nitrogens with one attached hydrogen (secondary N) is 1. The second-order valence-electron chi connectivity index (χ2n) is 4.26. The molecule has 3 nitrogen and oxygen atoms in total. The van der Waals surface area contributed by atoms with E-state index in [0.29, 0.717) is 0 Å². The summed E-state index contributed by atoms with van der Waals surface area (Å²) < 4.78 is 0. The molecule has 1 aromatic heterocycles. The predicted octanol–water partition coefficient (Wildman–Crippen LogP) is 2.59. The van der Waals surface area contributed by atoms with Gasteiger partial charge in [-0.05, 0) is 31.9 Å². The standard InChI is InChI=1S/C12H18N2OS/c1-7(2)11(16)12(15)14-10-6-5-8(3)13-9(10)4/h5-7,11,16H,1-4H3,(H,14,15). The highest BCUT2D eigenvalue weighted by Gasteiger charge is 2.18. The Kier molecular flexibility index (Phi) is 4.35. The zero-order valence-corrected chi connectivity index (χ0v) is 11.0. The number of anilines is 1. The second kappa shape index (κ2) is 5.34. The molecule has 4 heteroatoms. The van der Waals surface area contributed by atoms with Gasteiger partial charge in [0.15, 0.2) is 0 Å². The number of carbonyl (C=O) groups is 1. The van der Waals surface area contributed by atoms with Crippen LogP contribution in [0.4, 0.5) is 5.69 Å². The number of pyridine rings is 1. The van der Waals surface area contributed by atoms with Crippen molar-refractivity contribution in [2.45, 2.75) is 32.9 Å². The van der Waals surface area contributed by atoms with Crippen molar-refractivity contribution < 1.29 is 4.79 Å². The van der Waals surface area contributed by atoms with Crippen molar-refractivity contribution in [3.05, 3.63) is 23.5 Å². The second-order valence-corrected chi connectivity index (χ2v) is 4.82. The van der Waals surface area contributed by atoms with Gasteiger partial charge >= 0.3 is 0 Å². The summed E-state index contributed by atoms with van der Waals surface area (Å²) in [5.74, 6) is 0.133. The molecule has 0 fully saturated rings. The van der Waals surface area contributed by atoms with Crippen molar-refractivity contribution >= 4 is 24.2 Å². The molecule has 16 heavy (non-hydrogen) atoms. The lowest BCUT2D eigenvalue weighted by atomic mass is 10.1. The zero-order chi connectivity index (χ0) is 12.3. The number of rotatable bonds is 3. The highest BCUT2D eigenvalue weighted by molar-refractivity contribution is 7.81. The molecule has 0 aromatic carbocycles. The van der Waals surface area contributed by atoms with Crippen LogP contribution in [0, 0.1) is 19.8 Å². The summed E-state index contributed by atoms with van der Waals surface area (Å²) in [6, 6.07) is 3.75. The minimum Gasteiger partial charge on any atom is -0.324 e. The summed E-state index contributed by atoms with van der Waals surface area (Å²) in [6.07, 6.45) is 0. The molecule has 1 heterocycles. The summed E-state index contributed by atoms with van der Waals surface area (Å²) in [5.41, 5.74) is 2.54. The van der Waals surface area contributed by atoms with Gasteiger partial charge in [0, 0.05) is 5.69 Å². The smallest absolute Gasteiger partial charge is 0.237 e. The summed E-state index contributed by atoms with van der Waals surface area (Å²) in [7, 11) is 0. The van der Waals surface area contributed by atoms with Gasteiger partial charge in [-0.1, -0.05) is 13.8 Å². The SMILES string of the molecule is Cc1ccc(NC(=O)C(S)C(C)C)c(C)n1. The van der Waals surface area contributed by atoms with E-state index in [4.69, 9.17) is 0 Å². The average molecular weight is 238 g/mol. The highest BCUT2D eigenvalue weighted by Crippen LogP contribution is 2.16. The summed E-state index contributed by atoms with van der Waals surface area (Å²) >= 11 is 4.27. The summed E-state index contributed by atoms with van der Waals surface area (Å²) in [4.78, 5) is 16.1. The Bertz CT molecular complexity index is 391. The molecule has 1 unspecified atom stereocenters. The average Bonchev–Trinajstić information content (AvgIpc) is 2.20. The van der Waals surface area contributed by atoms with Gasteiger partial charge in [-0.2, -0.15) is 12.6 Å². The quantitative estimate of drug-likeness (QED) is 0.795. The van der Waals surface area contributed by atoms with Crippen LogP contribution in [0.5, 0.6) is 0 Å². The molecule has 0 saturated carbocycles. The largest absolute Gasteiger partial charge is 0.324 e. The number of aromatic nitrogens is 1. The van der Waals surface area contributed by atoms with Crippen LogP contribution in [0.1, 0.15) is 25.2 Å². The first-order valence-corrected chi connectivity index (χ1v) is 5.86. The van der Waals surface area contributed by atoms with E-state index in [0.717, 1.165) is 17.1 Å². The van der Waals surface area contributed by atoms with Gasteiger partial charge in [0.05, 0.1) is 16.6 Å². The van der Waals surface area contributed by atoms with E-state index in [1.165, 1.54) is 0 Å². The maximum atomic E-state index is 11.8. The fourth-order valence-electron chi connectivity index (χ4n) is 1.33. The molecule has 0 aliphatic rings. The fourth-order valence-corrected chi connectivity index (χ4v) is 1.39. The van der Waals surface area contributed by atoms with E-state index in [2.05, 4.69) is 22.9 Å². The van der Waals surface area contributed by atoms with E-state index in [-0.39, 0.29) is 17.1 Å². The molecule has 0 bridgehead atoms. The number of hydrogen-bond acceptors (Lipinski definition) is 3. The van der Waals surface area contributed by atoms with E-state index < -0.39 is 0 Å². The Hall–Kier alpha value is -1.03. The number of nitrogens with zero attached hydrogens (tertiary/aromatic N) is 1. The lowest BCUT2D eigenvalue weighted by Crippen LogP contribution is -2.28. The molecule has 1 N–H and O–H groups in total. The van der Waals surface area contributed by atoms with Crippen molar-refractivity contribution in [1.29, 1.82) is 0 Å². The highest BCUT2D eigenvalue weighted by atomic mass is 32.1. The third-order valence-electron chi connectivity index (χ3n) is 2.38. The number of hydrogen-bond donors (Lipinski definition) is 2. The fraction of sp³-hybridized carbons (Fsp3) is 0.500. The zero-order valence-electron chi connectivity index (χ0n) is 10.1. The molecule has 1 atom stereocenters. The lowest BCUT2D eigenvalue weighted by molar-refractivity contribution is -0.116. The van der Waals surface area contributed by atoms with Gasteiger partial charge in [0.1, 0.15) is 0 Å². The van der Waals surface area contributed by atoms with Crippen LogP contribution in [0.3, 0.4) is 0 Å². The molecular weight excluding hydrogens is 220 g/mol. The molecule has 0 aliphatic heterocycles. The molecule has 0 spiro atoms. The van der Waals surface area contributed by atoms with Crippen molar-refractivity contribution in [2.75, 3.05) is 5.32 Å². The third kappa shape index (κ3) is 3.23. The van der Waals surface area contributed by atoms with Crippen molar-refractivity contribution in [3.63, 3.8) is 0 Å². The summed E-state index contributed by atoms with van der Waals surface area (Å²) in [5, 5.41) is 2.55. The molecule has 1 aromatic rings. The lowest BCUT2D eigenvalue weighted by Gasteiger charge is -2.15. The Balaban J connectivity index is 2.77. The van der Waals surface area contributed by atoms with E-state index in [9.17, 15) is 4.79 Å². The monoisotopic (exact) mass is 238 g/mol. The molecular formula is C12H18N2OS. The van der Waals surface area contributed by atoms with Crippen LogP contribution in [-0.4, -0.2) is 16.1 Å². The number of aryl methyl sites for hydroxylation is 2. The Morgan fingerprint density at radius 3 is 2.50 bits per heavy atom. The van der Waals surface area contributed by atoms with Gasteiger partial charge in [0.2, 0.25) is 5.91 Å². The number of carbonyl (C=O) groups excluding carboxylic acids is 1. The Morgan fingerprint density at radius 2 is 2.00 bits per heavy atom. The van der Waals surface area contributed by atoms with Crippen LogP contribution in [0.25, 0.3) is 0 Å². The van der Waals surface area contributed by atoms with Crippen LogP contribution in [0.2, 0.25) is 0 Å². The van der Waals surface area contributed by atoms with Crippen molar-refractivity contribution in [2.24, 2.45) is 5.92 Å². The Labute approximate surface area is 102 Å². The van der Waals surface area contributed by atoms with E-state index in [1.807, 2.05) is 39.8 Å². The molecule has 0 saturated heterocycles. The first kappa shape index (κ1) is 13.0. The van der Waals surface area contributed by atoms with E-state index >= 15 is 0 Å². The normalized spacial score (nSPS) is 12.6. The van der Waals surface area contributed by atoms with Crippen LogP contribution in [0.15, 0.2) is 12.1 Å². The van der Waals surface area contributed by atoms with E-state index in [1.54, 1.807) is 0 Å². The van der Waals surface area contributed by atoms with Gasteiger partial charge in [-0.15, -0.1) is 0 Å². The molecule has 0 radical (unpaired) electrons. The van der Waals surface area contributed by atoms with Crippen molar-refractivity contribution in [1.82, 2.24) is 4.98 Å². The van der Waals surface area contributed by atoms with Crippen LogP contribution >= 0.6 is 12.6 Å². The first-order valence-electron chi connectivity index (χ1n) is 5.35. The topological polar surface area (TPSA) is 42.0 Å². The molecule has 1 amide bonds. The van der Waals surface area contributed by atoms with Gasteiger partial charge in [-0.3, -0.25) is 9.78 Å². The number of thiol groups is 1. The summed E-state index contributed by atoms with van der Waals surface area (Å²) in [6.45, 7) is 7.74.